The van der Waals surface area contributed by atoms with Gasteiger partial charge < -0.3 is 15.4 Å². The number of halogens is 3. The number of hydrogen-bond acceptors (Lipinski definition) is 4. The minimum absolute atomic E-state index is 0.284. The maximum Gasteiger partial charge on any atom is 0.325 e. The fourth-order valence-corrected chi connectivity index (χ4v) is 2.25. The lowest BCUT2D eigenvalue weighted by Crippen LogP contribution is -2.32. The van der Waals surface area contributed by atoms with Crippen molar-refractivity contribution in [1.29, 1.82) is 0 Å². The topological polar surface area (TPSA) is 84.5 Å². The highest BCUT2D eigenvalue weighted by Gasteiger charge is 2.11. The van der Waals surface area contributed by atoms with E-state index in [2.05, 4.69) is 10.6 Å². The van der Waals surface area contributed by atoms with Crippen LogP contribution in [0.4, 0.5) is 5.69 Å². The Hall–Kier alpha value is -2.28. The van der Waals surface area contributed by atoms with Crippen LogP contribution in [0.5, 0.6) is 0 Å². The van der Waals surface area contributed by atoms with Gasteiger partial charge in [-0.25, -0.2) is 0 Å². The third-order valence-electron chi connectivity index (χ3n) is 3.07. The SMILES string of the molecule is O=C(COC(=O)CNC(=O)c1ccc(Cl)cc1)Nc1ccc(Cl)c(Cl)c1. The summed E-state index contributed by atoms with van der Waals surface area (Å²) in [4.78, 5) is 35.2. The third kappa shape index (κ3) is 6.22. The van der Waals surface area contributed by atoms with Gasteiger partial charge >= 0.3 is 5.97 Å². The van der Waals surface area contributed by atoms with Crippen LogP contribution in [0.2, 0.25) is 15.1 Å². The van der Waals surface area contributed by atoms with Crippen LogP contribution >= 0.6 is 34.8 Å². The number of rotatable bonds is 6. The number of carbonyl (C=O) groups excluding carboxylic acids is 3. The Morgan fingerprint density at radius 1 is 0.923 bits per heavy atom. The molecule has 0 radical (unpaired) electrons. The minimum Gasteiger partial charge on any atom is -0.454 e. The van der Waals surface area contributed by atoms with Crippen LogP contribution in [0.25, 0.3) is 0 Å². The molecule has 2 amide bonds. The zero-order valence-corrected chi connectivity index (χ0v) is 15.5. The van der Waals surface area contributed by atoms with E-state index in [0.717, 1.165) is 0 Å². The van der Waals surface area contributed by atoms with E-state index in [9.17, 15) is 14.4 Å². The van der Waals surface area contributed by atoms with E-state index in [1.54, 1.807) is 18.2 Å². The van der Waals surface area contributed by atoms with Gasteiger partial charge in [0.15, 0.2) is 6.61 Å². The summed E-state index contributed by atoms with van der Waals surface area (Å²) >= 11 is 17.3. The van der Waals surface area contributed by atoms with Crippen molar-refractivity contribution in [3.05, 3.63) is 63.1 Å². The summed E-state index contributed by atoms with van der Waals surface area (Å²) in [6.07, 6.45) is 0. The lowest BCUT2D eigenvalue weighted by atomic mass is 10.2. The molecule has 0 heterocycles. The Kier molecular flexibility index (Phi) is 7.26. The number of benzene rings is 2. The number of carbonyl (C=O) groups is 3. The van der Waals surface area contributed by atoms with E-state index in [-0.39, 0.29) is 11.6 Å². The highest BCUT2D eigenvalue weighted by molar-refractivity contribution is 6.42. The van der Waals surface area contributed by atoms with Gasteiger partial charge in [-0.05, 0) is 42.5 Å². The summed E-state index contributed by atoms with van der Waals surface area (Å²) in [7, 11) is 0. The van der Waals surface area contributed by atoms with Crippen molar-refractivity contribution in [3.63, 3.8) is 0 Å². The molecular formula is C17H13Cl3N2O4. The van der Waals surface area contributed by atoms with Crippen LogP contribution < -0.4 is 10.6 Å². The van der Waals surface area contributed by atoms with Crippen molar-refractivity contribution in [2.45, 2.75) is 0 Å². The smallest absolute Gasteiger partial charge is 0.325 e. The second-order valence-corrected chi connectivity index (χ2v) is 6.28. The molecule has 2 aromatic rings. The number of nitrogens with one attached hydrogen (secondary N) is 2. The summed E-state index contributed by atoms with van der Waals surface area (Å²) in [5.41, 5.74) is 0.760. The first-order valence-corrected chi connectivity index (χ1v) is 8.43. The molecule has 0 aliphatic rings. The van der Waals surface area contributed by atoms with Crippen molar-refractivity contribution < 1.29 is 19.1 Å². The van der Waals surface area contributed by atoms with Crippen molar-refractivity contribution in [2.75, 3.05) is 18.5 Å². The lowest BCUT2D eigenvalue weighted by Gasteiger charge is -2.08. The molecule has 0 saturated heterocycles. The average Bonchev–Trinajstić information content (AvgIpc) is 2.61. The Morgan fingerprint density at radius 3 is 2.27 bits per heavy atom. The van der Waals surface area contributed by atoms with Crippen molar-refractivity contribution >= 4 is 58.3 Å². The van der Waals surface area contributed by atoms with Crippen molar-refractivity contribution in [2.24, 2.45) is 0 Å². The zero-order chi connectivity index (χ0) is 19.1. The molecule has 136 valence electrons. The quantitative estimate of drug-likeness (QED) is 0.707. The summed E-state index contributed by atoms with van der Waals surface area (Å²) in [5.74, 6) is -1.77. The minimum atomic E-state index is -0.753. The third-order valence-corrected chi connectivity index (χ3v) is 4.06. The van der Waals surface area contributed by atoms with Crippen LogP contribution in [-0.4, -0.2) is 30.9 Å². The van der Waals surface area contributed by atoms with Crippen LogP contribution in [0.1, 0.15) is 10.4 Å². The molecule has 0 fully saturated rings. The van der Waals surface area contributed by atoms with Gasteiger partial charge in [0.2, 0.25) is 0 Å². The highest BCUT2D eigenvalue weighted by atomic mass is 35.5. The van der Waals surface area contributed by atoms with Crippen LogP contribution in [0.15, 0.2) is 42.5 Å². The predicted molar refractivity (Wildman–Crippen MR) is 99.8 cm³/mol. The van der Waals surface area contributed by atoms with Gasteiger partial charge in [0.25, 0.3) is 11.8 Å². The standard InChI is InChI=1S/C17H13Cl3N2O4/c18-11-3-1-10(2-4-11)17(25)21-8-16(24)26-9-15(23)22-12-5-6-13(19)14(20)7-12/h1-7H,8-9H2,(H,21,25)(H,22,23). The Labute approximate surface area is 164 Å². The van der Waals surface area contributed by atoms with E-state index in [1.165, 1.54) is 24.3 Å². The van der Waals surface area contributed by atoms with Crippen molar-refractivity contribution in [3.8, 4) is 0 Å². The summed E-state index contributed by atoms with van der Waals surface area (Å²) < 4.78 is 4.79. The van der Waals surface area contributed by atoms with E-state index in [0.29, 0.717) is 21.3 Å². The second kappa shape index (κ2) is 9.43. The molecule has 0 spiro atoms. The molecular weight excluding hydrogens is 403 g/mol. The summed E-state index contributed by atoms with van der Waals surface area (Å²) in [6, 6.07) is 10.7. The van der Waals surface area contributed by atoms with E-state index < -0.39 is 24.4 Å². The van der Waals surface area contributed by atoms with E-state index >= 15 is 0 Å². The molecule has 9 heteroatoms. The monoisotopic (exact) mass is 414 g/mol. The number of anilines is 1. The zero-order valence-electron chi connectivity index (χ0n) is 13.2. The predicted octanol–water partition coefficient (Wildman–Crippen LogP) is 3.56. The molecule has 2 N–H and O–H groups in total. The first-order valence-electron chi connectivity index (χ1n) is 7.29. The molecule has 2 aromatic carbocycles. The summed E-state index contributed by atoms with van der Waals surface area (Å²) in [6.45, 7) is -0.878. The molecule has 0 aliphatic heterocycles. The Balaban J connectivity index is 1.73. The van der Waals surface area contributed by atoms with Gasteiger partial charge in [-0.2, -0.15) is 0 Å². The number of hydrogen-bond donors (Lipinski definition) is 2. The maximum atomic E-state index is 11.8. The molecule has 0 unspecified atom stereocenters. The molecule has 0 saturated carbocycles. The van der Waals surface area contributed by atoms with Crippen LogP contribution in [0.3, 0.4) is 0 Å². The number of amides is 2. The van der Waals surface area contributed by atoms with Gasteiger partial charge in [-0.3, -0.25) is 14.4 Å². The normalized spacial score (nSPS) is 10.1. The molecule has 6 nitrogen and oxygen atoms in total. The van der Waals surface area contributed by atoms with Crippen LogP contribution in [-0.2, 0) is 14.3 Å². The summed E-state index contributed by atoms with van der Waals surface area (Å²) in [5, 5.41) is 6.02. The van der Waals surface area contributed by atoms with E-state index in [1.807, 2.05) is 0 Å². The van der Waals surface area contributed by atoms with Gasteiger partial charge in [0.1, 0.15) is 6.54 Å². The maximum absolute atomic E-state index is 11.8. The Morgan fingerprint density at radius 2 is 1.62 bits per heavy atom. The first-order chi connectivity index (χ1) is 12.3. The molecule has 26 heavy (non-hydrogen) atoms. The largest absolute Gasteiger partial charge is 0.454 e. The highest BCUT2D eigenvalue weighted by Crippen LogP contribution is 2.24. The molecule has 0 atom stereocenters. The first kappa shape index (κ1) is 20.0. The second-order valence-electron chi connectivity index (χ2n) is 5.03. The average molecular weight is 416 g/mol. The van der Waals surface area contributed by atoms with Gasteiger partial charge in [0, 0.05) is 16.3 Å². The van der Waals surface area contributed by atoms with Gasteiger partial charge in [-0.1, -0.05) is 34.8 Å². The molecule has 0 aliphatic carbocycles. The van der Waals surface area contributed by atoms with Crippen LogP contribution in [0, 0.1) is 0 Å². The van der Waals surface area contributed by atoms with Crippen molar-refractivity contribution in [1.82, 2.24) is 5.32 Å². The van der Waals surface area contributed by atoms with E-state index in [4.69, 9.17) is 39.5 Å². The lowest BCUT2D eigenvalue weighted by molar-refractivity contribution is -0.146. The number of ether oxygens (including phenoxy) is 1. The number of esters is 1. The molecule has 0 bridgehead atoms. The fourth-order valence-electron chi connectivity index (χ4n) is 1.82. The van der Waals surface area contributed by atoms with Gasteiger partial charge in [-0.15, -0.1) is 0 Å². The molecule has 0 aromatic heterocycles. The Bertz CT molecular complexity index is 825. The molecule has 2 rings (SSSR count). The van der Waals surface area contributed by atoms with Gasteiger partial charge in [0.05, 0.1) is 10.0 Å². The fraction of sp³-hybridized carbons (Fsp3) is 0.118.